The Bertz CT molecular complexity index is 299. The number of anilines is 1. The Kier molecular flexibility index (Phi) is 4.22. The van der Waals surface area contributed by atoms with Gasteiger partial charge in [0.15, 0.2) is 0 Å². The molecule has 0 spiro atoms. The average molecular weight is 211 g/mol. The van der Waals surface area contributed by atoms with Crippen LogP contribution < -0.4 is 5.73 Å². The molecule has 3 nitrogen and oxygen atoms in total. The van der Waals surface area contributed by atoms with Crippen molar-refractivity contribution >= 4 is 17.4 Å². The molecule has 0 saturated carbocycles. The van der Waals surface area contributed by atoms with E-state index in [9.17, 15) is 0 Å². The molecule has 0 bridgehead atoms. The number of hydrogen-bond acceptors (Lipinski definition) is 4. The van der Waals surface area contributed by atoms with Gasteiger partial charge in [0.1, 0.15) is 0 Å². The Morgan fingerprint density at radius 2 is 2.21 bits per heavy atom. The second-order valence-corrected chi connectivity index (χ2v) is 4.65. The highest BCUT2D eigenvalue weighted by Crippen LogP contribution is 2.18. The summed E-state index contributed by atoms with van der Waals surface area (Å²) in [4.78, 5) is 6.42. The Balaban J connectivity index is 2.47. The minimum atomic E-state index is 0.766. The SMILES string of the molecule is Cc1cc(SCCN(C)C)ncc1N. The van der Waals surface area contributed by atoms with Crippen LogP contribution >= 0.6 is 11.8 Å². The van der Waals surface area contributed by atoms with Crippen molar-refractivity contribution in [2.24, 2.45) is 0 Å². The topological polar surface area (TPSA) is 42.2 Å². The summed E-state index contributed by atoms with van der Waals surface area (Å²) in [6.45, 7) is 3.07. The minimum Gasteiger partial charge on any atom is -0.397 e. The summed E-state index contributed by atoms with van der Waals surface area (Å²) in [6, 6.07) is 2.04. The number of pyridine rings is 1. The molecule has 14 heavy (non-hydrogen) atoms. The number of thioether (sulfide) groups is 1. The van der Waals surface area contributed by atoms with E-state index in [1.807, 2.05) is 13.0 Å². The van der Waals surface area contributed by atoms with Crippen LogP contribution in [0.15, 0.2) is 17.3 Å². The maximum atomic E-state index is 5.69. The largest absolute Gasteiger partial charge is 0.397 e. The van der Waals surface area contributed by atoms with E-state index in [0.29, 0.717) is 0 Å². The Labute approximate surface area is 89.7 Å². The number of nitrogens with two attached hydrogens (primary N) is 1. The molecular weight excluding hydrogens is 194 g/mol. The first-order valence-corrected chi connectivity index (χ1v) is 5.58. The van der Waals surface area contributed by atoms with Crippen LogP contribution in [-0.2, 0) is 0 Å². The van der Waals surface area contributed by atoms with Crippen molar-refractivity contribution < 1.29 is 0 Å². The molecule has 1 rings (SSSR count). The fraction of sp³-hybridized carbons (Fsp3) is 0.500. The quantitative estimate of drug-likeness (QED) is 0.769. The Morgan fingerprint density at radius 1 is 1.50 bits per heavy atom. The van der Waals surface area contributed by atoms with Gasteiger partial charge in [-0.2, -0.15) is 0 Å². The number of rotatable bonds is 4. The predicted octanol–water partition coefficient (Wildman–Crippen LogP) is 1.63. The third-order valence-corrected chi connectivity index (χ3v) is 2.82. The normalized spacial score (nSPS) is 10.9. The molecule has 1 aromatic heterocycles. The Morgan fingerprint density at radius 3 is 2.79 bits per heavy atom. The monoisotopic (exact) mass is 211 g/mol. The van der Waals surface area contributed by atoms with Gasteiger partial charge >= 0.3 is 0 Å². The second kappa shape index (κ2) is 5.22. The van der Waals surface area contributed by atoms with E-state index in [1.165, 1.54) is 0 Å². The number of aromatic nitrogens is 1. The van der Waals surface area contributed by atoms with Crippen LogP contribution in [-0.4, -0.2) is 36.3 Å². The molecule has 0 saturated heterocycles. The maximum absolute atomic E-state index is 5.69. The summed E-state index contributed by atoms with van der Waals surface area (Å²) in [7, 11) is 4.14. The average Bonchev–Trinajstić information content (AvgIpc) is 2.10. The van der Waals surface area contributed by atoms with E-state index in [4.69, 9.17) is 5.73 Å². The number of nitrogen functional groups attached to an aromatic ring is 1. The van der Waals surface area contributed by atoms with Crippen molar-refractivity contribution in [1.29, 1.82) is 0 Å². The lowest BCUT2D eigenvalue weighted by molar-refractivity contribution is 0.437. The molecule has 0 fully saturated rings. The van der Waals surface area contributed by atoms with Gasteiger partial charge in [-0.05, 0) is 32.6 Å². The van der Waals surface area contributed by atoms with E-state index >= 15 is 0 Å². The zero-order valence-electron chi connectivity index (χ0n) is 8.95. The van der Waals surface area contributed by atoms with Gasteiger partial charge in [0, 0.05) is 12.3 Å². The van der Waals surface area contributed by atoms with Crippen LogP contribution in [0.4, 0.5) is 5.69 Å². The first-order valence-electron chi connectivity index (χ1n) is 4.59. The van der Waals surface area contributed by atoms with Crippen LogP contribution in [0.1, 0.15) is 5.56 Å². The van der Waals surface area contributed by atoms with Gasteiger partial charge in [-0.3, -0.25) is 0 Å². The summed E-state index contributed by atoms with van der Waals surface area (Å²) in [5.41, 5.74) is 7.56. The summed E-state index contributed by atoms with van der Waals surface area (Å²) in [6.07, 6.45) is 1.73. The van der Waals surface area contributed by atoms with Crippen molar-refractivity contribution in [3.63, 3.8) is 0 Å². The van der Waals surface area contributed by atoms with Crippen molar-refractivity contribution in [2.45, 2.75) is 11.9 Å². The molecule has 4 heteroatoms. The van der Waals surface area contributed by atoms with Crippen LogP contribution in [0.3, 0.4) is 0 Å². The smallest absolute Gasteiger partial charge is 0.0964 e. The van der Waals surface area contributed by atoms with Crippen LogP contribution in [0.25, 0.3) is 0 Å². The number of hydrogen-bond donors (Lipinski definition) is 1. The van der Waals surface area contributed by atoms with Crippen LogP contribution in [0.2, 0.25) is 0 Å². The fourth-order valence-corrected chi connectivity index (χ4v) is 2.01. The number of aryl methyl sites for hydroxylation is 1. The van der Waals surface area contributed by atoms with Crippen molar-refractivity contribution in [3.05, 3.63) is 17.8 Å². The molecule has 0 aromatic carbocycles. The molecule has 0 aliphatic rings. The van der Waals surface area contributed by atoms with E-state index in [0.717, 1.165) is 28.6 Å². The minimum absolute atomic E-state index is 0.766. The van der Waals surface area contributed by atoms with Gasteiger partial charge in [0.05, 0.1) is 16.9 Å². The zero-order valence-corrected chi connectivity index (χ0v) is 9.77. The second-order valence-electron chi connectivity index (χ2n) is 3.53. The van der Waals surface area contributed by atoms with Crippen molar-refractivity contribution in [2.75, 3.05) is 32.1 Å². The number of nitrogens with zero attached hydrogens (tertiary/aromatic N) is 2. The lowest BCUT2D eigenvalue weighted by Gasteiger charge is -2.08. The van der Waals surface area contributed by atoms with E-state index in [2.05, 4.69) is 24.0 Å². The Hall–Kier alpha value is -0.740. The molecule has 0 unspecified atom stereocenters. The molecule has 0 radical (unpaired) electrons. The van der Waals surface area contributed by atoms with E-state index in [1.54, 1.807) is 18.0 Å². The molecule has 2 N–H and O–H groups in total. The summed E-state index contributed by atoms with van der Waals surface area (Å²) in [5, 5.41) is 1.05. The molecule has 0 aliphatic heterocycles. The van der Waals surface area contributed by atoms with Crippen molar-refractivity contribution in [1.82, 2.24) is 9.88 Å². The summed E-state index contributed by atoms with van der Waals surface area (Å²) in [5.74, 6) is 1.06. The van der Waals surface area contributed by atoms with Gasteiger partial charge < -0.3 is 10.6 Å². The van der Waals surface area contributed by atoms with Gasteiger partial charge in [-0.1, -0.05) is 0 Å². The molecule has 1 heterocycles. The zero-order chi connectivity index (χ0) is 10.6. The van der Waals surface area contributed by atoms with Gasteiger partial charge in [-0.25, -0.2) is 4.98 Å². The third kappa shape index (κ3) is 3.55. The summed E-state index contributed by atoms with van der Waals surface area (Å²) < 4.78 is 0. The highest BCUT2D eigenvalue weighted by atomic mass is 32.2. The molecule has 0 aliphatic carbocycles. The molecule has 0 amide bonds. The molecule has 0 atom stereocenters. The highest BCUT2D eigenvalue weighted by molar-refractivity contribution is 7.99. The summed E-state index contributed by atoms with van der Waals surface area (Å²) >= 11 is 1.76. The fourth-order valence-electron chi connectivity index (χ4n) is 0.953. The molecular formula is C10H17N3S. The predicted molar refractivity (Wildman–Crippen MR) is 62.7 cm³/mol. The van der Waals surface area contributed by atoms with Gasteiger partial charge in [0.2, 0.25) is 0 Å². The lowest BCUT2D eigenvalue weighted by Crippen LogP contribution is -2.14. The van der Waals surface area contributed by atoms with Gasteiger partial charge in [-0.15, -0.1) is 11.8 Å². The van der Waals surface area contributed by atoms with Crippen LogP contribution in [0.5, 0.6) is 0 Å². The first kappa shape index (κ1) is 11.3. The van der Waals surface area contributed by atoms with Gasteiger partial charge in [0.25, 0.3) is 0 Å². The maximum Gasteiger partial charge on any atom is 0.0964 e. The third-order valence-electron chi connectivity index (χ3n) is 1.91. The molecule has 1 aromatic rings. The van der Waals surface area contributed by atoms with E-state index in [-0.39, 0.29) is 0 Å². The first-order chi connectivity index (χ1) is 6.59. The lowest BCUT2D eigenvalue weighted by atomic mass is 10.3. The van der Waals surface area contributed by atoms with E-state index < -0.39 is 0 Å². The molecule has 78 valence electrons. The van der Waals surface area contributed by atoms with Crippen molar-refractivity contribution in [3.8, 4) is 0 Å². The van der Waals surface area contributed by atoms with Crippen LogP contribution in [0, 0.1) is 6.92 Å². The highest BCUT2D eigenvalue weighted by Gasteiger charge is 1.99. The standard InChI is InChI=1S/C10H17N3S/c1-8-6-10(12-7-9(8)11)14-5-4-13(2)3/h6-7H,4-5,11H2,1-3H3.